The molecule has 0 aromatic carbocycles. The molecule has 0 nitrogen and oxygen atoms in total. The topological polar surface area (TPSA) is 0 Å². The van der Waals surface area contributed by atoms with Crippen molar-refractivity contribution < 1.29 is 0 Å². The summed E-state index contributed by atoms with van der Waals surface area (Å²) in [6, 6.07) is 0. The van der Waals surface area contributed by atoms with Gasteiger partial charge in [0.05, 0.1) is 0 Å². The van der Waals surface area contributed by atoms with E-state index >= 15 is 0 Å². The Morgan fingerprint density at radius 1 is 1.67 bits per heavy atom. The molecular formula is C4H9BeBr. The Morgan fingerprint density at radius 3 is 2.50 bits per heavy atom. The molecule has 6 heavy (non-hydrogen) atoms. The summed E-state index contributed by atoms with van der Waals surface area (Å²) in [5.41, 5.74) is 0. The van der Waals surface area contributed by atoms with Crippen LogP contribution in [0.1, 0.15) is 19.8 Å². The molecule has 0 aliphatic heterocycles. The maximum atomic E-state index is 3.35. The van der Waals surface area contributed by atoms with Gasteiger partial charge in [0.15, 0.2) is 0 Å². The Bertz CT molecular complexity index is 19.5. The van der Waals surface area contributed by atoms with Gasteiger partial charge < -0.3 is 0 Å². The molecule has 0 bridgehead atoms. The summed E-state index contributed by atoms with van der Waals surface area (Å²) in [7, 11) is 1.17. The molecule has 0 rings (SSSR count). The molecular weight excluding hydrogens is 137 g/mol. The van der Waals surface area contributed by atoms with E-state index in [-0.39, 0.29) is 0 Å². The van der Waals surface area contributed by atoms with Gasteiger partial charge >= 0.3 is 48.8 Å². The van der Waals surface area contributed by atoms with Crippen LogP contribution in [-0.2, 0) is 0 Å². The van der Waals surface area contributed by atoms with E-state index in [0.29, 0.717) is 0 Å². The Morgan fingerprint density at radius 2 is 2.33 bits per heavy atom. The van der Waals surface area contributed by atoms with Crippen molar-refractivity contribution in [3.63, 3.8) is 0 Å². The Balaban J connectivity index is 2.34. The summed E-state index contributed by atoms with van der Waals surface area (Å²) in [6.07, 6.45) is 4.02. The monoisotopic (exact) mass is 145 g/mol. The fourth-order valence-corrected chi connectivity index (χ4v) is 0.741. The van der Waals surface area contributed by atoms with Crippen LogP contribution >= 0.6 is 15.4 Å². The molecule has 2 heteroatoms. The molecule has 0 heterocycles. The molecule has 0 fully saturated rings. The van der Waals surface area contributed by atoms with Gasteiger partial charge in [-0.25, -0.2) is 0 Å². The molecule has 0 N–H and O–H groups in total. The van der Waals surface area contributed by atoms with Crippen molar-refractivity contribution in [2.75, 3.05) is 0 Å². The van der Waals surface area contributed by atoms with Crippen LogP contribution in [0.15, 0.2) is 0 Å². The van der Waals surface area contributed by atoms with Crippen LogP contribution in [0.4, 0.5) is 0 Å². The third kappa shape index (κ3) is 4.65. The van der Waals surface area contributed by atoms with Crippen molar-refractivity contribution in [2.45, 2.75) is 25.9 Å². The van der Waals surface area contributed by atoms with E-state index < -0.39 is 0 Å². The number of hydrogen-bond acceptors (Lipinski definition) is 0. The van der Waals surface area contributed by atoms with Crippen molar-refractivity contribution in [1.29, 1.82) is 0 Å². The zero-order valence-electron chi connectivity index (χ0n) is 4.21. The van der Waals surface area contributed by atoms with Gasteiger partial charge in [0.25, 0.3) is 0 Å². The fraction of sp³-hybridized carbons (Fsp3) is 1.00. The predicted molar refractivity (Wildman–Crippen MR) is 34.4 cm³/mol. The van der Waals surface area contributed by atoms with E-state index in [0.717, 1.165) is 0 Å². The summed E-state index contributed by atoms with van der Waals surface area (Å²) in [6.45, 7) is 2.21. The minimum absolute atomic E-state index is 1.17. The molecule has 0 aromatic heterocycles. The van der Waals surface area contributed by atoms with E-state index in [9.17, 15) is 0 Å². The third-order valence-electron chi connectivity index (χ3n) is 0.737. The molecule has 0 saturated heterocycles. The van der Waals surface area contributed by atoms with Crippen molar-refractivity contribution >= 4 is 22.9 Å². The van der Waals surface area contributed by atoms with E-state index in [2.05, 4.69) is 22.4 Å². The molecule has 0 unspecified atom stereocenters. The van der Waals surface area contributed by atoms with Crippen LogP contribution in [0.25, 0.3) is 0 Å². The summed E-state index contributed by atoms with van der Waals surface area (Å²) in [5, 5.41) is 0. The van der Waals surface area contributed by atoms with Gasteiger partial charge in [-0.15, -0.1) is 0 Å². The first-order valence-corrected chi connectivity index (χ1v) is 3.60. The molecule has 0 amide bonds. The number of halogens is 1. The Hall–Kier alpha value is 0.649. The second-order valence-corrected chi connectivity index (χ2v) is 2.19. The van der Waals surface area contributed by atoms with Crippen LogP contribution in [0, 0.1) is 0 Å². The van der Waals surface area contributed by atoms with Gasteiger partial charge in [0.2, 0.25) is 0 Å². The summed E-state index contributed by atoms with van der Waals surface area (Å²) < 4.78 is 0. The maximum absolute atomic E-state index is 3.35. The third-order valence-corrected chi connectivity index (χ3v) is 1.30. The van der Waals surface area contributed by atoms with Crippen molar-refractivity contribution in [2.24, 2.45) is 0 Å². The molecule has 0 atom stereocenters. The Labute approximate surface area is 49.3 Å². The first-order valence-electron chi connectivity index (χ1n) is 2.47. The second kappa shape index (κ2) is 5.65. The van der Waals surface area contributed by atoms with E-state index in [1.807, 2.05) is 0 Å². The van der Waals surface area contributed by atoms with Gasteiger partial charge in [-0.05, 0) is 0 Å². The van der Waals surface area contributed by atoms with Gasteiger partial charge in [0.1, 0.15) is 0 Å². The molecule has 0 radical (unpaired) electrons. The van der Waals surface area contributed by atoms with Crippen molar-refractivity contribution in [1.82, 2.24) is 0 Å². The number of hydrogen-bond donors (Lipinski definition) is 0. The summed E-state index contributed by atoms with van der Waals surface area (Å²) in [4.78, 5) is 0. The standard InChI is InChI=1S/C4H9.Be.BrH/c1-3-4-2;;/h1,3-4H2,2H3;;1H/q;+1;/p-1. The molecule has 0 aliphatic rings. The average molecular weight is 146 g/mol. The van der Waals surface area contributed by atoms with E-state index in [1.54, 1.807) is 0 Å². The molecule has 0 aromatic rings. The second-order valence-electron chi connectivity index (χ2n) is 1.40. The first kappa shape index (κ1) is 6.65. The minimum atomic E-state index is 1.17. The number of rotatable bonds is 3. The molecule has 34 valence electrons. The predicted octanol–water partition coefficient (Wildman–Crippen LogP) is 2.22. The summed E-state index contributed by atoms with van der Waals surface area (Å²) >= 11 is 3.35. The zero-order chi connectivity index (χ0) is 4.83. The van der Waals surface area contributed by atoms with Gasteiger partial charge in [-0.2, -0.15) is 0 Å². The Kier molecular flexibility index (Phi) is 6.26. The molecule has 0 saturated carbocycles. The normalized spacial score (nSPS) is 7.67. The van der Waals surface area contributed by atoms with Crippen molar-refractivity contribution in [3.05, 3.63) is 0 Å². The van der Waals surface area contributed by atoms with Crippen LogP contribution in [-0.4, -0.2) is 7.46 Å². The van der Waals surface area contributed by atoms with Crippen LogP contribution < -0.4 is 0 Å². The van der Waals surface area contributed by atoms with Crippen LogP contribution in [0.2, 0.25) is 6.14 Å². The van der Waals surface area contributed by atoms with E-state index in [1.165, 1.54) is 26.4 Å². The van der Waals surface area contributed by atoms with Gasteiger partial charge in [-0.1, -0.05) is 0 Å². The quantitative estimate of drug-likeness (QED) is 0.423. The zero-order valence-corrected chi connectivity index (χ0v) is 5.79. The van der Waals surface area contributed by atoms with E-state index in [4.69, 9.17) is 0 Å². The van der Waals surface area contributed by atoms with Crippen LogP contribution in [0.5, 0.6) is 0 Å². The van der Waals surface area contributed by atoms with Gasteiger partial charge in [-0.3, -0.25) is 0 Å². The fourth-order valence-electron chi connectivity index (χ4n) is 0.344. The first-order chi connectivity index (χ1) is 2.91. The average Bonchev–Trinajstić information content (AvgIpc) is 1.61. The SMILES string of the molecule is CCC[CH2][Be][Br]. The van der Waals surface area contributed by atoms with Crippen LogP contribution in [0.3, 0.4) is 0 Å². The number of unbranched alkanes of at least 4 members (excludes halogenated alkanes) is 1. The van der Waals surface area contributed by atoms with Crippen molar-refractivity contribution in [3.8, 4) is 0 Å². The molecule has 0 aliphatic carbocycles. The van der Waals surface area contributed by atoms with Gasteiger partial charge in [0, 0.05) is 0 Å². The molecule has 0 spiro atoms. The summed E-state index contributed by atoms with van der Waals surface area (Å²) in [5.74, 6) is 0.